The van der Waals surface area contributed by atoms with E-state index in [1.807, 2.05) is 20.8 Å². The smallest absolute Gasteiger partial charge is 0.325 e. The Hall–Kier alpha value is -1.79. The zero-order valence-electron chi connectivity index (χ0n) is 12.1. The monoisotopic (exact) mass is 274 g/mol. The normalized spacial score (nSPS) is 10.6. The van der Waals surface area contributed by atoms with E-state index in [0.29, 0.717) is 0 Å². The molecule has 0 aliphatic carbocycles. The van der Waals surface area contributed by atoms with Crippen molar-refractivity contribution in [3.63, 3.8) is 0 Å². The number of methoxy groups -OCH3 is 2. The average molecular weight is 274 g/mol. The molecule has 0 heterocycles. The minimum absolute atomic E-state index is 0.0189. The van der Waals surface area contributed by atoms with E-state index in [9.17, 15) is 14.4 Å². The summed E-state index contributed by atoms with van der Waals surface area (Å²) in [6.45, 7) is 5.34. The Kier molecular flexibility index (Phi) is 6.89. The summed E-state index contributed by atoms with van der Waals surface area (Å²) in [4.78, 5) is 35.5. The molecule has 0 aliphatic heterocycles. The predicted molar refractivity (Wildman–Crippen MR) is 68.5 cm³/mol. The van der Waals surface area contributed by atoms with Crippen molar-refractivity contribution >= 4 is 18.0 Å². The number of hydrogen-bond acceptors (Lipinski definition) is 5. The molecule has 0 aromatic carbocycles. The van der Waals surface area contributed by atoms with E-state index < -0.39 is 23.5 Å². The molecule has 2 amide bonds. The number of amides is 2. The van der Waals surface area contributed by atoms with E-state index in [1.54, 1.807) is 0 Å². The third-order valence-electron chi connectivity index (χ3n) is 2.13. The van der Waals surface area contributed by atoms with Crippen molar-refractivity contribution in [2.24, 2.45) is 0 Å². The molecule has 0 atom stereocenters. The van der Waals surface area contributed by atoms with E-state index in [2.05, 4.69) is 14.8 Å². The zero-order chi connectivity index (χ0) is 15.1. The van der Waals surface area contributed by atoms with Crippen LogP contribution in [0.2, 0.25) is 0 Å². The molecule has 7 heteroatoms. The fourth-order valence-corrected chi connectivity index (χ4v) is 1.20. The van der Waals surface area contributed by atoms with E-state index >= 15 is 0 Å². The highest BCUT2D eigenvalue weighted by atomic mass is 16.5. The number of urea groups is 1. The molecule has 7 nitrogen and oxygen atoms in total. The highest BCUT2D eigenvalue weighted by molar-refractivity contribution is 5.81. The lowest BCUT2D eigenvalue weighted by Gasteiger charge is -2.27. The number of esters is 2. The van der Waals surface area contributed by atoms with Gasteiger partial charge in [0.25, 0.3) is 0 Å². The second kappa shape index (κ2) is 7.60. The van der Waals surface area contributed by atoms with E-state index in [1.165, 1.54) is 19.1 Å². The summed E-state index contributed by atoms with van der Waals surface area (Å²) < 4.78 is 9.02. The van der Waals surface area contributed by atoms with Crippen LogP contribution in [-0.2, 0) is 19.1 Å². The first-order chi connectivity index (χ1) is 8.69. The quantitative estimate of drug-likeness (QED) is 0.739. The van der Waals surface area contributed by atoms with Crippen LogP contribution in [0.25, 0.3) is 0 Å². The Morgan fingerprint density at radius 2 is 1.58 bits per heavy atom. The SMILES string of the molecule is COC(=O)CCN(CC(=O)OC)C(=O)NC(C)(C)C. The van der Waals surface area contributed by atoms with Crippen LogP contribution in [0.3, 0.4) is 0 Å². The van der Waals surface area contributed by atoms with Crippen molar-refractivity contribution in [1.82, 2.24) is 10.2 Å². The van der Waals surface area contributed by atoms with Gasteiger partial charge in [-0.05, 0) is 20.8 Å². The van der Waals surface area contributed by atoms with Gasteiger partial charge in [-0.25, -0.2) is 4.79 Å². The van der Waals surface area contributed by atoms with Crippen LogP contribution in [0.1, 0.15) is 27.2 Å². The second-order valence-electron chi connectivity index (χ2n) is 5.00. The van der Waals surface area contributed by atoms with Crippen molar-refractivity contribution in [1.29, 1.82) is 0 Å². The van der Waals surface area contributed by atoms with Crippen LogP contribution < -0.4 is 5.32 Å². The summed E-state index contributed by atoms with van der Waals surface area (Å²) in [5.41, 5.74) is -0.434. The van der Waals surface area contributed by atoms with E-state index in [-0.39, 0.29) is 19.5 Å². The first-order valence-electron chi connectivity index (χ1n) is 5.90. The molecule has 19 heavy (non-hydrogen) atoms. The van der Waals surface area contributed by atoms with Gasteiger partial charge in [0.1, 0.15) is 6.54 Å². The molecule has 0 spiro atoms. The van der Waals surface area contributed by atoms with Crippen molar-refractivity contribution < 1.29 is 23.9 Å². The van der Waals surface area contributed by atoms with Crippen molar-refractivity contribution in [2.45, 2.75) is 32.7 Å². The van der Waals surface area contributed by atoms with Crippen LogP contribution in [0.5, 0.6) is 0 Å². The highest BCUT2D eigenvalue weighted by Gasteiger charge is 2.22. The molecule has 0 saturated heterocycles. The first-order valence-corrected chi connectivity index (χ1v) is 5.90. The van der Waals surface area contributed by atoms with Crippen LogP contribution in [0, 0.1) is 0 Å². The summed E-state index contributed by atoms with van der Waals surface area (Å²) in [7, 11) is 2.50. The number of rotatable bonds is 5. The summed E-state index contributed by atoms with van der Waals surface area (Å²) in [5.74, 6) is -0.993. The summed E-state index contributed by atoms with van der Waals surface area (Å²) >= 11 is 0. The van der Waals surface area contributed by atoms with Gasteiger partial charge in [0.2, 0.25) is 0 Å². The minimum atomic E-state index is -0.547. The Morgan fingerprint density at radius 1 is 1.05 bits per heavy atom. The molecule has 1 N–H and O–H groups in total. The molecule has 0 fully saturated rings. The van der Waals surface area contributed by atoms with Gasteiger partial charge in [-0.1, -0.05) is 0 Å². The Morgan fingerprint density at radius 3 is 2.00 bits per heavy atom. The number of hydrogen-bond donors (Lipinski definition) is 1. The van der Waals surface area contributed by atoms with Crippen molar-refractivity contribution in [3.8, 4) is 0 Å². The van der Waals surface area contributed by atoms with Gasteiger partial charge in [0, 0.05) is 12.1 Å². The molecular formula is C12H22N2O5. The molecule has 0 radical (unpaired) electrons. The lowest BCUT2D eigenvalue weighted by molar-refractivity contribution is -0.143. The maximum absolute atomic E-state index is 12.0. The van der Waals surface area contributed by atoms with Crippen molar-refractivity contribution in [3.05, 3.63) is 0 Å². The second-order valence-corrected chi connectivity index (χ2v) is 5.00. The number of nitrogens with one attached hydrogen (secondary N) is 1. The molecule has 0 rings (SSSR count). The van der Waals surface area contributed by atoms with Crippen LogP contribution in [-0.4, -0.2) is 55.7 Å². The van der Waals surface area contributed by atoms with E-state index in [4.69, 9.17) is 0 Å². The van der Waals surface area contributed by atoms with Gasteiger partial charge in [0.05, 0.1) is 20.6 Å². The molecule has 0 aromatic rings. The van der Waals surface area contributed by atoms with Crippen molar-refractivity contribution in [2.75, 3.05) is 27.3 Å². The molecular weight excluding hydrogens is 252 g/mol. The third kappa shape index (κ3) is 8.01. The number of carbonyl (C=O) groups excluding carboxylic acids is 3. The summed E-state index contributed by atoms with van der Waals surface area (Å²) in [6, 6.07) is -0.429. The topological polar surface area (TPSA) is 84.9 Å². The fourth-order valence-electron chi connectivity index (χ4n) is 1.20. The zero-order valence-corrected chi connectivity index (χ0v) is 12.1. The average Bonchev–Trinajstić information content (AvgIpc) is 2.31. The van der Waals surface area contributed by atoms with Gasteiger partial charge >= 0.3 is 18.0 Å². The molecule has 0 unspecified atom stereocenters. The highest BCUT2D eigenvalue weighted by Crippen LogP contribution is 2.03. The number of ether oxygens (including phenoxy) is 2. The van der Waals surface area contributed by atoms with Crippen LogP contribution in [0.4, 0.5) is 4.79 Å². The van der Waals surface area contributed by atoms with Crippen LogP contribution in [0.15, 0.2) is 0 Å². The van der Waals surface area contributed by atoms with Gasteiger partial charge in [0.15, 0.2) is 0 Å². The van der Waals surface area contributed by atoms with Gasteiger partial charge in [-0.15, -0.1) is 0 Å². The molecule has 110 valence electrons. The maximum Gasteiger partial charge on any atom is 0.325 e. The predicted octanol–water partition coefficient (Wildman–Crippen LogP) is 0.533. The lowest BCUT2D eigenvalue weighted by Crippen LogP contribution is -2.50. The minimum Gasteiger partial charge on any atom is -0.469 e. The first kappa shape index (κ1) is 17.2. The number of nitrogens with zero attached hydrogens (tertiary/aromatic N) is 1. The Balaban J connectivity index is 4.61. The maximum atomic E-state index is 12.0. The summed E-state index contributed by atoms with van der Waals surface area (Å²) in [6.07, 6.45) is 0.0189. The Bertz CT molecular complexity index is 336. The largest absolute Gasteiger partial charge is 0.469 e. The Labute approximate surface area is 113 Å². The molecule has 0 bridgehead atoms. The molecule has 0 aliphatic rings. The summed E-state index contributed by atoms with van der Waals surface area (Å²) in [5, 5.41) is 2.72. The van der Waals surface area contributed by atoms with Gasteiger partial charge < -0.3 is 19.7 Å². The number of carbonyl (C=O) groups is 3. The standard InChI is InChI=1S/C12H22N2O5/c1-12(2,3)13-11(17)14(8-10(16)19-5)7-6-9(15)18-4/h6-8H2,1-5H3,(H,13,17). The lowest BCUT2D eigenvalue weighted by atomic mass is 10.1. The third-order valence-corrected chi connectivity index (χ3v) is 2.13. The van der Waals surface area contributed by atoms with Gasteiger partial charge in [-0.2, -0.15) is 0 Å². The van der Waals surface area contributed by atoms with Gasteiger partial charge in [-0.3, -0.25) is 9.59 Å². The fraction of sp³-hybridized carbons (Fsp3) is 0.750. The van der Waals surface area contributed by atoms with E-state index in [0.717, 1.165) is 0 Å². The molecule has 0 saturated carbocycles. The molecule has 0 aromatic heterocycles. The van der Waals surface area contributed by atoms with Crippen LogP contribution >= 0.6 is 0 Å².